The van der Waals surface area contributed by atoms with Crippen molar-refractivity contribution < 1.29 is 4.74 Å². The zero-order valence-electron chi connectivity index (χ0n) is 7.69. The minimum Gasteiger partial charge on any atom is -0.498 e. The lowest BCUT2D eigenvalue weighted by molar-refractivity contribution is 0.415. The van der Waals surface area contributed by atoms with Gasteiger partial charge in [0.1, 0.15) is 5.75 Å². The fraction of sp³-hybridized carbons (Fsp3) is 0.0909. The Morgan fingerprint density at radius 2 is 2.29 bits per heavy atom. The monoisotopic (exact) mass is 184 g/mol. The highest BCUT2D eigenvalue weighted by atomic mass is 16.5. The largest absolute Gasteiger partial charge is 0.498 e. The Morgan fingerprint density at radius 1 is 1.43 bits per heavy atom. The van der Waals surface area contributed by atoms with E-state index in [9.17, 15) is 0 Å². The molecule has 0 saturated heterocycles. The van der Waals surface area contributed by atoms with Crippen LogP contribution in [0.3, 0.4) is 0 Å². The van der Waals surface area contributed by atoms with E-state index in [1.165, 1.54) is 0 Å². The van der Waals surface area contributed by atoms with Gasteiger partial charge in [0, 0.05) is 6.20 Å². The van der Waals surface area contributed by atoms with Crippen molar-refractivity contribution in [2.75, 3.05) is 7.11 Å². The predicted molar refractivity (Wildman–Crippen MR) is 54.6 cm³/mol. The molecule has 0 spiro atoms. The second-order valence-electron chi connectivity index (χ2n) is 2.83. The van der Waals surface area contributed by atoms with Crippen molar-refractivity contribution in [3.8, 4) is 5.75 Å². The summed E-state index contributed by atoms with van der Waals surface area (Å²) in [6.07, 6.45) is 1.68. The molecule has 0 aliphatic rings. The first-order valence-corrected chi connectivity index (χ1v) is 4.15. The maximum Gasteiger partial charge on any atom is 0.216 e. The third-order valence-electron chi connectivity index (χ3n) is 2.01. The van der Waals surface area contributed by atoms with Crippen molar-refractivity contribution in [2.45, 2.75) is 0 Å². The van der Waals surface area contributed by atoms with Gasteiger partial charge in [-0.3, -0.25) is 4.98 Å². The van der Waals surface area contributed by atoms with Gasteiger partial charge in [-0.1, -0.05) is 6.07 Å². The number of ether oxygens (including phenoxy) is 1. The van der Waals surface area contributed by atoms with E-state index in [1.54, 1.807) is 19.4 Å². The van der Waals surface area contributed by atoms with Crippen LogP contribution in [-0.4, -0.2) is 12.1 Å². The summed E-state index contributed by atoms with van der Waals surface area (Å²) in [7, 11) is 1.59. The smallest absolute Gasteiger partial charge is 0.216 e. The molecule has 0 fully saturated rings. The molecule has 0 unspecified atom stereocenters. The van der Waals surface area contributed by atoms with Crippen LogP contribution in [0.5, 0.6) is 5.75 Å². The standard InChI is InChI=1S/C11H8N2O/c1-12-10-7-9(14-2)6-8-4-3-5-13-11(8)10/h3-7H,2H3. The molecule has 0 aliphatic carbocycles. The van der Waals surface area contributed by atoms with Crippen LogP contribution in [0, 0.1) is 6.57 Å². The highest BCUT2D eigenvalue weighted by molar-refractivity contribution is 5.92. The maximum atomic E-state index is 7.03. The van der Waals surface area contributed by atoms with E-state index in [2.05, 4.69) is 9.83 Å². The summed E-state index contributed by atoms with van der Waals surface area (Å²) in [4.78, 5) is 7.57. The number of benzene rings is 1. The number of rotatable bonds is 1. The van der Waals surface area contributed by atoms with Gasteiger partial charge >= 0.3 is 0 Å². The lowest BCUT2D eigenvalue weighted by Crippen LogP contribution is -1.84. The quantitative estimate of drug-likeness (QED) is 0.637. The van der Waals surface area contributed by atoms with Crippen molar-refractivity contribution in [2.24, 2.45) is 0 Å². The van der Waals surface area contributed by atoms with Gasteiger partial charge < -0.3 is 4.74 Å². The van der Waals surface area contributed by atoms with E-state index in [-0.39, 0.29) is 0 Å². The molecule has 0 amide bonds. The van der Waals surface area contributed by atoms with Crippen molar-refractivity contribution >= 4 is 16.6 Å². The van der Waals surface area contributed by atoms with Gasteiger partial charge in [-0.05, 0) is 23.6 Å². The van der Waals surface area contributed by atoms with Gasteiger partial charge in [0.15, 0.2) is 0 Å². The minimum atomic E-state index is 0.528. The van der Waals surface area contributed by atoms with Gasteiger partial charge in [0.25, 0.3) is 0 Å². The molecule has 1 aromatic carbocycles. The molecule has 0 radical (unpaired) electrons. The van der Waals surface area contributed by atoms with Crippen molar-refractivity contribution in [3.63, 3.8) is 0 Å². The Balaban J connectivity index is 2.82. The molecule has 1 heterocycles. The molecule has 0 saturated carbocycles. The molecule has 0 atom stereocenters. The number of hydrogen-bond donors (Lipinski definition) is 0. The first-order valence-electron chi connectivity index (χ1n) is 4.15. The number of hydrogen-bond acceptors (Lipinski definition) is 2. The molecule has 1 aromatic heterocycles. The SMILES string of the molecule is [C-]#[N+]c1cc(OC)cc2cccnc12. The first kappa shape index (κ1) is 8.52. The van der Waals surface area contributed by atoms with E-state index in [0.717, 1.165) is 10.9 Å². The third-order valence-corrected chi connectivity index (χ3v) is 2.01. The minimum absolute atomic E-state index is 0.528. The van der Waals surface area contributed by atoms with Gasteiger partial charge in [-0.15, -0.1) is 0 Å². The topological polar surface area (TPSA) is 26.5 Å². The highest BCUT2D eigenvalue weighted by Crippen LogP contribution is 2.29. The summed E-state index contributed by atoms with van der Waals surface area (Å²) in [6.45, 7) is 7.03. The molecule has 2 rings (SSSR count). The fourth-order valence-corrected chi connectivity index (χ4v) is 1.35. The maximum absolute atomic E-state index is 7.03. The van der Waals surface area contributed by atoms with E-state index in [4.69, 9.17) is 11.3 Å². The Hall–Kier alpha value is -2.08. The van der Waals surface area contributed by atoms with Gasteiger partial charge in [-0.25, -0.2) is 4.85 Å². The van der Waals surface area contributed by atoms with E-state index in [0.29, 0.717) is 11.4 Å². The van der Waals surface area contributed by atoms with Crippen molar-refractivity contribution in [1.82, 2.24) is 4.98 Å². The Kier molecular flexibility index (Phi) is 2.04. The average Bonchev–Trinajstić information content (AvgIpc) is 2.27. The molecule has 0 bridgehead atoms. The second-order valence-corrected chi connectivity index (χ2v) is 2.83. The van der Waals surface area contributed by atoms with E-state index < -0.39 is 0 Å². The van der Waals surface area contributed by atoms with Crippen LogP contribution < -0.4 is 4.74 Å². The van der Waals surface area contributed by atoms with Crippen molar-refractivity contribution in [3.05, 3.63) is 41.9 Å². The molecule has 0 aliphatic heterocycles. The fourth-order valence-electron chi connectivity index (χ4n) is 1.35. The average molecular weight is 184 g/mol. The summed E-state index contributed by atoms with van der Waals surface area (Å²) in [6, 6.07) is 7.33. The number of aromatic nitrogens is 1. The summed E-state index contributed by atoms with van der Waals surface area (Å²) in [5.74, 6) is 0.691. The van der Waals surface area contributed by atoms with Crippen LogP contribution in [0.1, 0.15) is 0 Å². The highest BCUT2D eigenvalue weighted by Gasteiger charge is 2.04. The molecule has 0 N–H and O–H groups in total. The van der Waals surface area contributed by atoms with Crippen LogP contribution in [0.15, 0.2) is 30.5 Å². The summed E-state index contributed by atoms with van der Waals surface area (Å²) >= 11 is 0. The van der Waals surface area contributed by atoms with E-state index in [1.807, 2.05) is 18.2 Å². The van der Waals surface area contributed by atoms with Gasteiger partial charge in [0.2, 0.25) is 5.69 Å². The summed E-state index contributed by atoms with van der Waals surface area (Å²) in [5, 5.41) is 0.929. The molecular formula is C11H8N2O. The lowest BCUT2D eigenvalue weighted by Gasteiger charge is -2.03. The second kappa shape index (κ2) is 3.35. The molecule has 68 valence electrons. The van der Waals surface area contributed by atoms with Crippen LogP contribution in [0.2, 0.25) is 0 Å². The van der Waals surface area contributed by atoms with Gasteiger partial charge in [-0.2, -0.15) is 0 Å². The first-order chi connectivity index (χ1) is 6.85. The predicted octanol–water partition coefficient (Wildman–Crippen LogP) is 2.79. The van der Waals surface area contributed by atoms with E-state index >= 15 is 0 Å². The molecule has 3 nitrogen and oxygen atoms in total. The van der Waals surface area contributed by atoms with Crippen LogP contribution in [0.25, 0.3) is 15.7 Å². The number of methoxy groups -OCH3 is 1. The molecule has 14 heavy (non-hydrogen) atoms. The Bertz CT molecular complexity index is 514. The summed E-state index contributed by atoms with van der Waals surface area (Å²) < 4.78 is 5.09. The molecular weight excluding hydrogens is 176 g/mol. The molecule has 2 aromatic rings. The zero-order chi connectivity index (χ0) is 9.97. The summed E-state index contributed by atoms with van der Waals surface area (Å²) in [5.41, 5.74) is 1.25. The molecule has 3 heteroatoms. The third kappa shape index (κ3) is 1.27. The number of pyridine rings is 1. The van der Waals surface area contributed by atoms with Gasteiger partial charge in [0.05, 0.1) is 19.2 Å². The normalized spacial score (nSPS) is 9.71. The number of nitrogens with zero attached hydrogens (tertiary/aromatic N) is 2. The Labute approximate surface area is 81.8 Å². The van der Waals surface area contributed by atoms with Crippen LogP contribution >= 0.6 is 0 Å². The van der Waals surface area contributed by atoms with Crippen LogP contribution in [-0.2, 0) is 0 Å². The zero-order valence-corrected chi connectivity index (χ0v) is 7.69. The lowest BCUT2D eigenvalue weighted by atomic mass is 10.2. The van der Waals surface area contributed by atoms with Crippen molar-refractivity contribution in [1.29, 1.82) is 0 Å². The van der Waals surface area contributed by atoms with Crippen LogP contribution in [0.4, 0.5) is 5.69 Å². The number of fused-ring (bicyclic) bond motifs is 1. The Morgan fingerprint density at radius 3 is 3.00 bits per heavy atom.